The summed E-state index contributed by atoms with van der Waals surface area (Å²) in [5, 5.41) is 1.22. The van der Waals surface area contributed by atoms with Crippen molar-refractivity contribution >= 4 is 15.7 Å². The molecule has 1 amide bonds. The average molecular weight is 307 g/mol. The molecule has 1 unspecified atom stereocenters. The molecule has 0 aromatic heterocycles. The molecule has 0 saturated carbocycles. The maximum absolute atomic E-state index is 12.5. The molecular formula is C16H21NO3S. The molecule has 4 nitrogen and oxygen atoms in total. The standard InChI is InChI=1S/C16H21NO3S/c1-13(2)17(11-14-6-4-3-5-7-14)16(18)10-15-8-9-21(19,20)12-15/h3-9,13,15H,10-12H2,1-2H3. The first-order valence-corrected chi connectivity index (χ1v) is 8.83. The van der Waals surface area contributed by atoms with Crippen molar-refractivity contribution in [3.63, 3.8) is 0 Å². The summed E-state index contributed by atoms with van der Waals surface area (Å²) in [7, 11) is -3.10. The number of hydrogen-bond acceptors (Lipinski definition) is 3. The number of benzene rings is 1. The van der Waals surface area contributed by atoms with Crippen LogP contribution in [0.4, 0.5) is 0 Å². The Kier molecular flexibility index (Phi) is 4.83. The van der Waals surface area contributed by atoms with Crippen molar-refractivity contribution in [2.45, 2.75) is 32.9 Å². The molecule has 0 saturated heterocycles. The van der Waals surface area contributed by atoms with Crippen LogP contribution in [0.5, 0.6) is 0 Å². The van der Waals surface area contributed by atoms with Crippen molar-refractivity contribution in [3.8, 4) is 0 Å². The number of carbonyl (C=O) groups excluding carboxylic acids is 1. The largest absolute Gasteiger partial charge is 0.336 e. The van der Waals surface area contributed by atoms with Crippen LogP contribution in [0.15, 0.2) is 41.8 Å². The lowest BCUT2D eigenvalue weighted by Crippen LogP contribution is -2.37. The first kappa shape index (κ1) is 15.8. The van der Waals surface area contributed by atoms with E-state index < -0.39 is 9.84 Å². The Hall–Kier alpha value is -1.62. The molecule has 1 aliphatic rings. The highest BCUT2D eigenvalue weighted by Crippen LogP contribution is 2.20. The monoisotopic (exact) mass is 307 g/mol. The molecule has 1 aromatic carbocycles. The van der Waals surface area contributed by atoms with E-state index >= 15 is 0 Å². The second kappa shape index (κ2) is 6.43. The molecule has 0 spiro atoms. The fourth-order valence-corrected chi connectivity index (χ4v) is 3.85. The molecule has 0 fully saturated rings. The number of allylic oxidation sites excluding steroid dienone is 1. The number of nitrogens with zero attached hydrogens (tertiary/aromatic N) is 1. The smallest absolute Gasteiger partial charge is 0.223 e. The molecule has 1 heterocycles. The molecule has 1 aliphatic heterocycles. The molecule has 21 heavy (non-hydrogen) atoms. The highest BCUT2D eigenvalue weighted by molar-refractivity contribution is 7.94. The lowest BCUT2D eigenvalue weighted by atomic mass is 10.1. The number of carbonyl (C=O) groups is 1. The van der Waals surface area contributed by atoms with Crippen LogP contribution in [0.2, 0.25) is 0 Å². The summed E-state index contributed by atoms with van der Waals surface area (Å²) in [5.41, 5.74) is 1.08. The normalized spacial score (nSPS) is 19.9. The van der Waals surface area contributed by atoms with E-state index in [1.807, 2.05) is 44.2 Å². The SMILES string of the molecule is CC(C)N(Cc1ccccc1)C(=O)CC1C=CS(=O)(=O)C1. The van der Waals surface area contributed by atoms with E-state index in [2.05, 4.69) is 0 Å². The molecule has 0 aliphatic carbocycles. The molecule has 1 aromatic rings. The highest BCUT2D eigenvalue weighted by Gasteiger charge is 2.26. The zero-order chi connectivity index (χ0) is 15.5. The van der Waals surface area contributed by atoms with Crippen LogP contribution in [-0.4, -0.2) is 31.0 Å². The zero-order valence-electron chi connectivity index (χ0n) is 12.4. The van der Waals surface area contributed by atoms with Gasteiger partial charge in [0.25, 0.3) is 0 Å². The van der Waals surface area contributed by atoms with Crippen LogP contribution in [-0.2, 0) is 21.2 Å². The number of sulfone groups is 1. The van der Waals surface area contributed by atoms with E-state index in [1.165, 1.54) is 5.41 Å². The minimum Gasteiger partial charge on any atom is -0.336 e. The Morgan fingerprint density at radius 3 is 2.48 bits per heavy atom. The topological polar surface area (TPSA) is 54.5 Å². The second-order valence-corrected chi connectivity index (χ2v) is 7.65. The number of hydrogen-bond donors (Lipinski definition) is 0. The first-order chi connectivity index (χ1) is 9.87. The lowest BCUT2D eigenvalue weighted by Gasteiger charge is -2.28. The van der Waals surface area contributed by atoms with E-state index in [1.54, 1.807) is 11.0 Å². The van der Waals surface area contributed by atoms with Crippen LogP contribution in [0.3, 0.4) is 0 Å². The van der Waals surface area contributed by atoms with E-state index in [4.69, 9.17) is 0 Å². The highest BCUT2D eigenvalue weighted by atomic mass is 32.2. The maximum atomic E-state index is 12.5. The van der Waals surface area contributed by atoms with E-state index in [0.717, 1.165) is 5.56 Å². The van der Waals surface area contributed by atoms with Crippen LogP contribution in [0, 0.1) is 5.92 Å². The van der Waals surface area contributed by atoms with Gasteiger partial charge in [-0.1, -0.05) is 36.4 Å². The van der Waals surface area contributed by atoms with Gasteiger partial charge in [0.2, 0.25) is 5.91 Å². The van der Waals surface area contributed by atoms with E-state index in [0.29, 0.717) is 6.54 Å². The van der Waals surface area contributed by atoms with Crippen molar-refractivity contribution < 1.29 is 13.2 Å². The molecule has 0 N–H and O–H groups in total. The third kappa shape index (κ3) is 4.43. The Labute approximate surface area is 126 Å². The Bertz CT molecular complexity index is 620. The van der Waals surface area contributed by atoms with Crippen molar-refractivity contribution in [1.29, 1.82) is 0 Å². The van der Waals surface area contributed by atoms with Gasteiger partial charge in [-0.15, -0.1) is 0 Å². The predicted octanol–water partition coefficient (Wildman–Crippen LogP) is 2.37. The van der Waals surface area contributed by atoms with Gasteiger partial charge < -0.3 is 4.90 Å². The summed E-state index contributed by atoms with van der Waals surface area (Å²) in [5.74, 6) is -0.143. The summed E-state index contributed by atoms with van der Waals surface area (Å²) < 4.78 is 22.8. The van der Waals surface area contributed by atoms with Crippen LogP contribution < -0.4 is 0 Å². The fourth-order valence-electron chi connectivity index (χ4n) is 2.45. The summed E-state index contributed by atoms with van der Waals surface area (Å²) in [6.07, 6.45) is 1.88. The summed E-state index contributed by atoms with van der Waals surface area (Å²) in [6.45, 7) is 4.50. The van der Waals surface area contributed by atoms with Gasteiger partial charge in [0.15, 0.2) is 9.84 Å². The maximum Gasteiger partial charge on any atom is 0.223 e. The molecule has 1 atom stereocenters. The minimum absolute atomic E-state index is 0.000558. The Morgan fingerprint density at radius 2 is 1.95 bits per heavy atom. The average Bonchev–Trinajstić information content (AvgIpc) is 2.76. The van der Waals surface area contributed by atoms with E-state index in [9.17, 15) is 13.2 Å². The summed E-state index contributed by atoms with van der Waals surface area (Å²) >= 11 is 0. The third-order valence-electron chi connectivity index (χ3n) is 3.58. The molecule has 5 heteroatoms. The quantitative estimate of drug-likeness (QED) is 0.839. The van der Waals surface area contributed by atoms with E-state index in [-0.39, 0.29) is 30.0 Å². The Balaban J connectivity index is 2.02. The number of rotatable bonds is 5. The summed E-state index contributed by atoms with van der Waals surface area (Å²) in [4.78, 5) is 14.3. The molecular weight excluding hydrogens is 286 g/mol. The minimum atomic E-state index is -3.10. The predicted molar refractivity (Wildman–Crippen MR) is 83.2 cm³/mol. The van der Waals surface area contributed by atoms with Gasteiger partial charge >= 0.3 is 0 Å². The Morgan fingerprint density at radius 1 is 1.29 bits per heavy atom. The first-order valence-electron chi connectivity index (χ1n) is 7.12. The zero-order valence-corrected chi connectivity index (χ0v) is 13.2. The van der Waals surface area contributed by atoms with Gasteiger partial charge in [-0.25, -0.2) is 8.42 Å². The lowest BCUT2D eigenvalue weighted by molar-refractivity contribution is -0.134. The van der Waals surface area contributed by atoms with Crippen LogP contribution >= 0.6 is 0 Å². The van der Waals surface area contributed by atoms with Crippen LogP contribution in [0.25, 0.3) is 0 Å². The van der Waals surface area contributed by atoms with Gasteiger partial charge in [0, 0.05) is 30.3 Å². The van der Waals surface area contributed by atoms with Gasteiger partial charge in [-0.05, 0) is 19.4 Å². The molecule has 114 valence electrons. The van der Waals surface area contributed by atoms with Crippen molar-refractivity contribution in [3.05, 3.63) is 47.4 Å². The molecule has 0 bridgehead atoms. The molecule has 2 rings (SSSR count). The fraction of sp³-hybridized carbons (Fsp3) is 0.438. The van der Waals surface area contributed by atoms with Crippen molar-refractivity contribution in [1.82, 2.24) is 4.90 Å². The van der Waals surface area contributed by atoms with Gasteiger partial charge in [-0.3, -0.25) is 4.79 Å². The summed E-state index contributed by atoms with van der Waals surface area (Å²) in [6, 6.07) is 9.90. The van der Waals surface area contributed by atoms with Gasteiger partial charge in [-0.2, -0.15) is 0 Å². The van der Waals surface area contributed by atoms with Crippen molar-refractivity contribution in [2.24, 2.45) is 5.92 Å². The number of amides is 1. The molecule has 0 radical (unpaired) electrons. The van der Waals surface area contributed by atoms with Crippen molar-refractivity contribution in [2.75, 3.05) is 5.75 Å². The third-order valence-corrected chi connectivity index (χ3v) is 5.05. The van der Waals surface area contributed by atoms with Gasteiger partial charge in [0.1, 0.15) is 0 Å². The van der Waals surface area contributed by atoms with Gasteiger partial charge in [0.05, 0.1) is 5.75 Å². The van der Waals surface area contributed by atoms with Crippen LogP contribution in [0.1, 0.15) is 25.8 Å². The second-order valence-electron chi connectivity index (χ2n) is 5.72.